The number of nitrogens with one attached hydrogen (secondary N) is 1. The van der Waals surface area contributed by atoms with Crippen molar-refractivity contribution in [2.24, 2.45) is 0 Å². The third-order valence-corrected chi connectivity index (χ3v) is 2.31. The van der Waals surface area contributed by atoms with E-state index >= 15 is 0 Å². The van der Waals surface area contributed by atoms with Crippen LogP contribution in [0.2, 0.25) is 0 Å². The molecular formula is C7H16N2O2. The van der Waals surface area contributed by atoms with Crippen molar-refractivity contribution in [1.29, 1.82) is 0 Å². The fourth-order valence-electron chi connectivity index (χ4n) is 1.35. The molecular weight excluding hydrogens is 144 g/mol. The van der Waals surface area contributed by atoms with Crippen molar-refractivity contribution in [3.8, 4) is 0 Å². The summed E-state index contributed by atoms with van der Waals surface area (Å²) in [7, 11) is 1.72. The summed E-state index contributed by atoms with van der Waals surface area (Å²) in [6, 6.07) is 0. The van der Waals surface area contributed by atoms with E-state index in [0.29, 0.717) is 12.8 Å². The van der Waals surface area contributed by atoms with Gasteiger partial charge < -0.3 is 10.2 Å². The van der Waals surface area contributed by atoms with Gasteiger partial charge in [0, 0.05) is 13.5 Å². The smallest absolute Gasteiger partial charge is 0.132 e. The van der Waals surface area contributed by atoms with Gasteiger partial charge in [-0.15, -0.1) is 0 Å². The second kappa shape index (κ2) is 2.42. The number of aliphatic hydroxyl groups is 2. The zero-order chi connectivity index (χ0) is 8.70. The van der Waals surface area contributed by atoms with Gasteiger partial charge in [0.15, 0.2) is 0 Å². The SMILES string of the molecule is CCC1(O)CC(C)(O)N(C)N1. The first-order valence-corrected chi connectivity index (χ1v) is 3.86. The molecule has 1 rings (SSSR count). The Hall–Kier alpha value is -0.160. The predicted octanol–water partition coefficient (Wildman–Crippen LogP) is -0.366. The Morgan fingerprint density at radius 1 is 1.55 bits per heavy atom. The Kier molecular flexibility index (Phi) is 1.96. The maximum atomic E-state index is 9.69. The first-order valence-electron chi connectivity index (χ1n) is 3.86. The van der Waals surface area contributed by atoms with Crippen LogP contribution in [0.4, 0.5) is 0 Å². The summed E-state index contributed by atoms with van der Waals surface area (Å²) in [6.07, 6.45) is 0.931. The van der Waals surface area contributed by atoms with Crippen LogP contribution < -0.4 is 5.43 Å². The van der Waals surface area contributed by atoms with Gasteiger partial charge in [-0.3, -0.25) is 0 Å². The fourth-order valence-corrected chi connectivity index (χ4v) is 1.35. The molecule has 0 aromatic carbocycles. The molecule has 2 unspecified atom stereocenters. The van der Waals surface area contributed by atoms with E-state index in [-0.39, 0.29) is 0 Å². The molecule has 66 valence electrons. The van der Waals surface area contributed by atoms with E-state index in [0.717, 1.165) is 0 Å². The molecule has 11 heavy (non-hydrogen) atoms. The molecule has 0 saturated carbocycles. The van der Waals surface area contributed by atoms with Crippen LogP contribution in [0.25, 0.3) is 0 Å². The lowest BCUT2D eigenvalue weighted by Gasteiger charge is -2.23. The number of hydrogen-bond acceptors (Lipinski definition) is 4. The second-order valence-corrected chi connectivity index (χ2v) is 3.45. The maximum absolute atomic E-state index is 9.69. The summed E-state index contributed by atoms with van der Waals surface area (Å²) < 4.78 is 0. The van der Waals surface area contributed by atoms with Gasteiger partial charge >= 0.3 is 0 Å². The van der Waals surface area contributed by atoms with Gasteiger partial charge in [-0.2, -0.15) is 0 Å². The Labute approximate surface area is 66.8 Å². The van der Waals surface area contributed by atoms with Crippen LogP contribution in [-0.4, -0.2) is 33.7 Å². The lowest BCUT2D eigenvalue weighted by Crippen LogP contribution is -2.46. The summed E-state index contributed by atoms with van der Waals surface area (Å²) in [6.45, 7) is 3.55. The standard InChI is InChI=1S/C7H16N2O2/c1-4-7(11)5-6(2,10)9(3)8-7/h8,10-11H,4-5H2,1-3H3. The van der Waals surface area contributed by atoms with Crippen molar-refractivity contribution in [1.82, 2.24) is 10.4 Å². The van der Waals surface area contributed by atoms with E-state index in [2.05, 4.69) is 5.43 Å². The second-order valence-electron chi connectivity index (χ2n) is 3.45. The zero-order valence-corrected chi connectivity index (χ0v) is 7.26. The molecule has 1 aliphatic rings. The molecule has 4 nitrogen and oxygen atoms in total. The minimum absolute atomic E-state index is 0.340. The van der Waals surface area contributed by atoms with Crippen LogP contribution in [-0.2, 0) is 0 Å². The van der Waals surface area contributed by atoms with Crippen LogP contribution in [0.15, 0.2) is 0 Å². The Morgan fingerprint density at radius 2 is 2.09 bits per heavy atom. The number of hydrogen-bond donors (Lipinski definition) is 3. The number of nitrogens with zero attached hydrogens (tertiary/aromatic N) is 1. The van der Waals surface area contributed by atoms with Gasteiger partial charge in [0.1, 0.15) is 11.4 Å². The molecule has 1 aliphatic heterocycles. The largest absolute Gasteiger partial charge is 0.375 e. The average molecular weight is 160 g/mol. The van der Waals surface area contributed by atoms with E-state index in [1.807, 2.05) is 6.92 Å². The molecule has 0 radical (unpaired) electrons. The third kappa shape index (κ3) is 1.54. The highest BCUT2D eigenvalue weighted by Crippen LogP contribution is 2.29. The van der Waals surface area contributed by atoms with Crippen molar-refractivity contribution in [3.05, 3.63) is 0 Å². The highest BCUT2D eigenvalue weighted by molar-refractivity contribution is 4.89. The van der Waals surface area contributed by atoms with Gasteiger partial charge in [-0.25, -0.2) is 10.4 Å². The quantitative estimate of drug-likeness (QED) is 0.490. The normalized spacial score (nSPS) is 46.6. The van der Waals surface area contributed by atoms with Crippen molar-refractivity contribution in [2.75, 3.05) is 7.05 Å². The minimum Gasteiger partial charge on any atom is -0.375 e. The minimum atomic E-state index is -0.940. The number of hydrazine groups is 1. The lowest BCUT2D eigenvalue weighted by molar-refractivity contribution is -0.0682. The maximum Gasteiger partial charge on any atom is 0.132 e. The number of rotatable bonds is 1. The molecule has 0 bridgehead atoms. The molecule has 4 heteroatoms. The molecule has 1 saturated heterocycles. The molecule has 3 N–H and O–H groups in total. The molecule has 0 spiro atoms. The Bertz CT molecular complexity index is 161. The molecule has 2 atom stereocenters. The Morgan fingerprint density at radius 3 is 2.27 bits per heavy atom. The first-order chi connectivity index (χ1) is 4.90. The predicted molar refractivity (Wildman–Crippen MR) is 41.4 cm³/mol. The van der Waals surface area contributed by atoms with Crippen molar-refractivity contribution < 1.29 is 10.2 Å². The molecule has 0 aliphatic carbocycles. The summed E-state index contributed by atoms with van der Waals surface area (Å²) in [4.78, 5) is 0. The highest BCUT2D eigenvalue weighted by Gasteiger charge is 2.45. The highest BCUT2D eigenvalue weighted by atomic mass is 16.4. The molecule has 0 aromatic rings. The van der Waals surface area contributed by atoms with Gasteiger partial charge in [-0.05, 0) is 13.3 Å². The summed E-state index contributed by atoms with van der Waals surface area (Å²) >= 11 is 0. The third-order valence-electron chi connectivity index (χ3n) is 2.31. The van der Waals surface area contributed by atoms with E-state index in [1.165, 1.54) is 5.01 Å². The van der Waals surface area contributed by atoms with Gasteiger partial charge in [-0.1, -0.05) is 6.92 Å². The van der Waals surface area contributed by atoms with Gasteiger partial charge in [0.05, 0.1) is 0 Å². The average Bonchev–Trinajstić information content (AvgIpc) is 2.04. The van der Waals surface area contributed by atoms with Crippen LogP contribution in [0.3, 0.4) is 0 Å². The van der Waals surface area contributed by atoms with Crippen molar-refractivity contribution in [2.45, 2.75) is 38.1 Å². The van der Waals surface area contributed by atoms with Crippen LogP contribution >= 0.6 is 0 Å². The van der Waals surface area contributed by atoms with Gasteiger partial charge in [0.25, 0.3) is 0 Å². The lowest BCUT2D eigenvalue weighted by atomic mass is 10.0. The Balaban J connectivity index is 2.71. The molecule has 0 amide bonds. The van der Waals surface area contributed by atoms with Crippen LogP contribution in [0.1, 0.15) is 26.7 Å². The van der Waals surface area contributed by atoms with E-state index in [9.17, 15) is 10.2 Å². The monoisotopic (exact) mass is 160 g/mol. The van der Waals surface area contributed by atoms with E-state index in [4.69, 9.17) is 0 Å². The molecule has 1 fully saturated rings. The van der Waals surface area contributed by atoms with Crippen molar-refractivity contribution >= 4 is 0 Å². The first kappa shape index (κ1) is 8.93. The van der Waals surface area contributed by atoms with Crippen LogP contribution in [0.5, 0.6) is 0 Å². The van der Waals surface area contributed by atoms with Gasteiger partial charge in [0.2, 0.25) is 0 Å². The summed E-state index contributed by atoms with van der Waals surface area (Å²) in [5, 5.41) is 20.9. The zero-order valence-electron chi connectivity index (χ0n) is 7.26. The molecule has 0 aromatic heterocycles. The summed E-state index contributed by atoms with van der Waals surface area (Å²) in [5.74, 6) is 0. The van der Waals surface area contributed by atoms with Crippen molar-refractivity contribution in [3.63, 3.8) is 0 Å². The van der Waals surface area contributed by atoms with E-state index < -0.39 is 11.4 Å². The fraction of sp³-hybridized carbons (Fsp3) is 1.00. The van der Waals surface area contributed by atoms with E-state index in [1.54, 1.807) is 14.0 Å². The molecule has 1 heterocycles. The topological polar surface area (TPSA) is 55.7 Å². The van der Waals surface area contributed by atoms with Crippen LogP contribution in [0, 0.1) is 0 Å². The summed E-state index contributed by atoms with van der Waals surface area (Å²) in [5.41, 5.74) is 0.937.